The van der Waals surface area contributed by atoms with Gasteiger partial charge in [0.25, 0.3) is 0 Å². The molecule has 1 N–H and O–H groups in total. The van der Waals surface area contributed by atoms with E-state index >= 15 is 0 Å². The Morgan fingerprint density at radius 3 is 2.19 bits per heavy atom. The van der Waals surface area contributed by atoms with Gasteiger partial charge in [0.2, 0.25) is 11.8 Å². The third-order valence-electron chi connectivity index (χ3n) is 5.16. The Morgan fingerprint density at radius 2 is 1.48 bits per heavy atom. The van der Waals surface area contributed by atoms with Crippen LogP contribution in [0.2, 0.25) is 0 Å². The van der Waals surface area contributed by atoms with Crippen molar-refractivity contribution >= 4 is 5.65 Å². The molecule has 0 aliphatic rings. The maximum absolute atomic E-state index is 13.1. The minimum Gasteiger partial charge on any atom is -0.493 e. The SMILES string of the molecule is Oc1c(Cc2ccc(F)nc2)nc2c(Cc3ccccc3)nc(-c3ccccc3)cn12. The average Bonchev–Trinajstić information content (AvgIpc) is 3.12. The summed E-state index contributed by atoms with van der Waals surface area (Å²) in [5.41, 5.74) is 5.44. The molecule has 0 amide bonds. The number of halogens is 1. The van der Waals surface area contributed by atoms with Crippen LogP contribution in [-0.4, -0.2) is 24.5 Å². The molecule has 31 heavy (non-hydrogen) atoms. The van der Waals surface area contributed by atoms with E-state index in [1.54, 1.807) is 16.7 Å². The molecule has 5 nitrogen and oxygen atoms in total. The summed E-state index contributed by atoms with van der Waals surface area (Å²) in [5, 5.41) is 10.9. The van der Waals surface area contributed by atoms with Crippen LogP contribution < -0.4 is 0 Å². The first-order chi connectivity index (χ1) is 15.2. The molecule has 3 aromatic heterocycles. The van der Waals surface area contributed by atoms with Crippen LogP contribution in [0.5, 0.6) is 5.88 Å². The average molecular weight is 410 g/mol. The Balaban J connectivity index is 1.64. The Labute approximate surface area is 178 Å². The summed E-state index contributed by atoms with van der Waals surface area (Å²) in [6.07, 6.45) is 4.18. The Hall–Kier alpha value is -4.06. The van der Waals surface area contributed by atoms with E-state index in [-0.39, 0.29) is 5.88 Å². The number of nitrogens with zero attached hydrogens (tertiary/aromatic N) is 4. The lowest BCUT2D eigenvalue weighted by Crippen LogP contribution is -2.00. The van der Waals surface area contributed by atoms with Crippen LogP contribution in [0.25, 0.3) is 16.9 Å². The van der Waals surface area contributed by atoms with Crippen LogP contribution in [0.3, 0.4) is 0 Å². The van der Waals surface area contributed by atoms with Gasteiger partial charge in [-0.05, 0) is 17.2 Å². The molecular weight excluding hydrogens is 391 g/mol. The summed E-state index contributed by atoms with van der Waals surface area (Å²) in [5.74, 6) is -0.488. The Bertz CT molecular complexity index is 1330. The van der Waals surface area contributed by atoms with Crippen molar-refractivity contribution in [2.75, 3.05) is 0 Å². The number of rotatable bonds is 5. The fourth-order valence-corrected chi connectivity index (χ4v) is 3.62. The molecule has 0 aliphatic heterocycles. The van der Waals surface area contributed by atoms with Gasteiger partial charge in [0.15, 0.2) is 5.65 Å². The first kappa shape index (κ1) is 18.9. The van der Waals surface area contributed by atoms with Crippen LogP contribution in [0.4, 0.5) is 4.39 Å². The highest BCUT2D eigenvalue weighted by Gasteiger charge is 2.18. The summed E-state index contributed by atoms with van der Waals surface area (Å²) in [7, 11) is 0. The van der Waals surface area contributed by atoms with E-state index < -0.39 is 5.95 Å². The lowest BCUT2D eigenvalue weighted by molar-refractivity contribution is 0.442. The zero-order valence-electron chi connectivity index (χ0n) is 16.6. The smallest absolute Gasteiger partial charge is 0.219 e. The molecule has 0 saturated carbocycles. The summed E-state index contributed by atoms with van der Waals surface area (Å²) < 4.78 is 14.8. The molecule has 0 spiro atoms. The Morgan fingerprint density at radius 1 is 0.774 bits per heavy atom. The lowest BCUT2D eigenvalue weighted by atomic mass is 10.1. The third-order valence-corrected chi connectivity index (χ3v) is 5.16. The number of hydrogen-bond acceptors (Lipinski definition) is 4. The molecule has 0 radical (unpaired) electrons. The number of aromatic hydroxyl groups is 1. The first-order valence-corrected chi connectivity index (χ1v) is 9.97. The van der Waals surface area contributed by atoms with E-state index in [9.17, 15) is 9.50 Å². The standard InChI is InChI=1S/C25H19FN4O/c26-23-12-11-18(15-27-23)14-21-25(31)30-16-22(19-9-5-2-6-10-19)28-20(24(30)29-21)13-17-7-3-1-4-8-17/h1-12,15-16,31H,13-14H2. The molecule has 5 rings (SSSR count). The van der Waals surface area contributed by atoms with Crippen molar-refractivity contribution in [3.8, 4) is 17.1 Å². The molecule has 3 heterocycles. The van der Waals surface area contributed by atoms with Crippen molar-refractivity contribution in [2.24, 2.45) is 0 Å². The zero-order chi connectivity index (χ0) is 21.2. The summed E-state index contributed by atoms with van der Waals surface area (Å²) in [6, 6.07) is 22.8. The molecule has 0 aliphatic carbocycles. The van der Waals surface area contributed by atoms with Gasteiger partial charge in [0, 0.05) is 30.8 Å². The second-order valence-electron chi connectivity index (χ2n) is 7.34. The maximum Gasteiger partial charge on any atom is 0.219 e. The molecule has 0 bridgehead atoms. The molecule has 0 saturated heterocycles. The number of benzene rings is 2. The van der Waals surface area contributed by atoms with Gasteiger partial charge in [-0.3, -0.25) is 4.40 Å². The van der Waals surface area contributed by atoms with Crippen LogP contribution in [0, 0.1) is 5.95 Å². The summed E-state index contributed by atoms with van der Waals surface area (Å²) >= 11 is 0. The van der Waals surface area contributed by atoms with Crippen molar-refractivity contribution in [3.63, 3.8) is 0 Å². The molecular formula is C25H19FN4O. The third kappa shape index (κ3) is 3.88. The number of fused-ring (bicyclic) bond motifs is 1. The van der Waals surface area contributed by atoms with Crippen LogP contribution >= 0.6 is 0 Å². The zero-order valence-corrected chi connectivity index (χ0v) is 16.6. The van der Waals surface area contributed by atoms with Crippen LogP contribution in [0.15, 0.2) is 85.2 Å². The van der Waals surface area contributed by atoms with E-state index in [4.69, 9.17) is 4.98 Å². The van der Waals surface area contributed by atoms with Gasteiger partial charge in [-0.15, -0.1) is 0 Å². The van der Waals surface area contributed by atoms with Gasteiger partial charge in [-0.1, -0.05) is 66.7 Å². The predicted octanol–water partition coefficient (Wildman–Crippen LogP) is 4.82. The minimum absolute atomic E-state index is 0.0493. The largest absolute Gasteiger partial charge is 0.493 e. The van der Waals surface area contributed by atoms with E-state index in [1.807, 2.05) is 60.7 Å². The second kappa shape index (κ2) is 7.99. The van der Waals surface area contributed by atoms with E-state index in [2.05, 4.69) is 9.97 Å². The van der Waals surface area contributed by atoms with Crippen molar-refractivity contribution < 1.29 is 9.50 Å². The van der Waals surface area contributed by atoms with Crippen molar-refractivity contribution in [1.29, 1.82) is 0 Å². The molecule has 0 fully saturated rings. The predicted molar refractivity (Wildman–Crippen MR) is 116 cm³/mol. The van der Waals surface area contributed by atoms with Gasteiger partial charge in [0.05, 0.1) is 11.4 Å². The van der Waals surface area contributed by atoms with Crippen LogP contribution in [-0.2, 0) is 12.8 Å². The van der Waals surface area contributed by atoms with Gasteiger partial charge in [0.1, 0.15) is 5.69 Å². The summed E-state index contributed by atoms with van der Waals surface area (Å²) in [6.45, 7) is 0. The van der Waals surface area contributed by atoms with E-state index in [0.29, 0.717) is 24.2 Å². The molecule has 6 heteroatoms. The second-order valence-corrected chi connectivity index (χ2v) is 7.34. The van der Waals surface area contributed by atoms with E-state index in [0.717, 1.165) is 28.1 Å². The summed E-state index contributed by atoms with van der Waals surface area (Å²) in [4.78, 5) is 13.3. The molecule has 0 atom stereocenters. The molecule has 2 aromatic carbocycles. The number of hydrogen-bond donors (Lipinski definition) is 1. The van der Waals surface area contributed by atoms with Crippen molar-refractivity contribution in [1.82, 2.24) is 19.4 Å². The monoisotopic (exact) mass is 410 g/mol. The number of aromatic nitrogens is 4. The normalized spacial score (nSPS) is 11.1. The lowest BCUT2D eigenvalue weighted by Gasteiger charge is -2.08. The van der Waals surface area contributed by atoms with Crippen LogP contribution in [0.1, 0.15) is 22.5 Å². The molecule has 5 aromatic rings. The highest BCUT2D eigenvalue weighted by atomic mass is 19.1. The molecule has 0 unspecified atom stereocenters. The van der Waals surface area contributed by atoms with Crippen molar-refractivity contribution in [3.05, 3.63) is 114 Å². The fourth-order valence-electron chi connectivity index (χ4n) is 3.62. The molecule has 152 valence electrons. The highest BCUT2D eigenvalue weighted by molar-refractivity contribution is 5.63. The quantitative estimate of drug-likeness (QED) is 0.422. The van der Waals surface area contributed by atoms with Gasteiger partial charge < -0.3 is 5.11 Å². The topological polar surface area (TPSA) is 63.3 Å². The minimum atomic E-state index is -0.537. The van der Waals surface area contributed by atoms with Gasteiger partial charge in [-0.25, -0.2) is 15.0 Å². The number of pyridine rings is 1. The van der Waals surface area contributed by atoms with Gasteiger partial charge >= 0.3 is 0 Å². The fraction of sp³-hybridized carbons (Fsp3) is 0.0800. The first-order valence-electron chi connectivity index (χ1n) is 9.97. The van der Waals surface area contributed by atoms with Gasteiger partial charge in [-0.2, -0.15) is 4.39 Å². The van der Waals surface area contributed by atoms with E-state index in [1.165, 1.54) is 12.3 Å². The maximum atomic E-state index is 13.1. The highest BCUT2D eigenvalue weighted by Crippen LogP contribution is 2.28. The Kier molecular flexibility index (Phi) is 4.88. The number of imidazole rings is 1. The van der Waals surface area contributed by atoms with Crippen molar-refractivity contribution in [2.45, 2.75) is 12.8 Å².